The third-order valence-electron chi connectivity index (χ3n) is 2.82. The molecule has 0 radical (unpaired) electrons. The van der Waals surface area contributed by atoms with Crippen LogP contribution in [0.1, 0.15) is 18.9 Å². The first-order valence-corrected chi connectivity index (χ1v) is 6.93. The van der Waals surface area contributed by atoms with Crippen molar-refractivity contribution in [1.29, 1.82) is 0 Å². The molecule has 0 atom stereocenters. The average Bonchev–Trinajstić information content (AvgIpc) is 2.90. The van der Waals surface area contributed by atoms with Crippen LogP contribution in [0.25, 0.3) is 0 Å². The molecule has 0 saturated heterocycles. The van der Waals surface area contributed by atoms with Crippen molar-refractivity contribution >= 4 is 11.6 Å². The van der Waals surface area contributed by atoms with E-state index in [2.05, 4.69) is 17.3 Å². The molecule has 1 aromatic heterocycles. The Kier molecular flexibility index (Phi) is 5.20. The van der Waals surface area contributed by atoms with Crippen molar-refractivity contribution in [2.75, 3.05) is 11.9 Å². The van der Waals surface area contributed by atoms with E-state index in [0.29, 0.717) is 6.54 Å². The van der Waals surface area contributed by atoms with Crippen LogP contribution >= 0.6 is 0 Å². The minimum absolute atomic E-state index is 0.0853. The third kappa shape index (κ3) is 4.83. The summed E-state index contributed by atoms with van der Waals surface area (Å²) in [5.74, 6) is 0.464. The molecule has 3 N–H and O–H groups in total. The number of hydrogen-bond acceptors (Lipinski definition) is 4. The fraction of sp³-hybridized carbons (Fsp3) is 0.333. The number of anilines is 1. The van der Waals surface area contributed by atoms with Crippen molar-refractivity contribution in [2.24, 2.45) is 5.73 Å². The molecule has 0 saturated carbocycles. The van der Waals surface area contributed by atoms with Gasteiger partial charge in [0.25, 0.3) is 0 Å². The average molecular weight is 288 g/mol. The van der Waals surface area contributed by atoms with Crippen LogP contribution in [0.3, 0.4) is 0 Å². The van der Waals surface area contributed by atoms with Crippen LogP contribution < -0.4 is 15.8 Å². The summed E-state index contributed by atoms with van der Waals surface area (Å²) in [5.41, 5.74) is 7.08. The summed E-state index contributed by atoms with van der Waals surface area (Å²) in [6.45, 7) is 3.54. The topological polar surface area (TPSA) is 82.2 Å². The van der Waals surface area contributed by atoms with Gasteiger partial charge in [0.1, 0.15) is 12.3 Å². The van der Waals surface area contributed by atoms with Gasteiger partial charge in [-0.1, -0.05) is 19.1 Å². The molecule has 0 aliphatic heterocycles. The summed E-state index contributed by atoms with van der Waals surface area (Å²) >= 11 is 0. The van der Waals surface area contributed by atoms with Crippen molar-refractivity contribution in [3.63, 3.8) is 0 Å². The van der Waals surface area contributed by atoms with E-state index >= 15 is 0 Å². The molecule has 2 aromatic rings. The number of hydrogen-bond donors (Lipinski definition) is 2. The van der Waals surface area contributed by atoms with E-state index < -0.39 is 5.91 Å². The Labute approximate surface area is 123 Å². The van der Waals surface area contributed by atoms with Crippen molar-refractivity contribution in [3.05, 3.63) is 42.2 Å². The summed E-state index contributed by atoms with van der Waals surface area (Å²) in [7, 11) is 0. The molecule has 6 heteroatoms. The van der Waals surface area contributed by atoms with Gasteiger partial charge in [-0.2, -0.15) is 5.10 Å². The van der Waals surface area contributed by atoms with Crippen molar-refractivity contribution in [1.82, 2.24) is 9.78 Å². The molecule has 6 nitrogen and oxygen atoms in total. The summed E-state index contributed by atoms with van der Waals surface area (Å²) in [4.78, 5) is 10.8. The van der Waals surface area contributed by atoms with Gasteiger partial charge in [-0.25, -0.2) is 0 Å². The van der Waals surface area contributed by atoms with Crippen LogP contribution in [0.2, 0.25) is 0 Å². The van der Waals surface area contributed by atoms with E-state index in [0.717, 1.165) is 30.0 Å². The Morgan fingerprint density at radius 1 is 1.48 bits per heavy atom. The lowest BCUT2D eigenvalue weighted by atomic mass is 10.2. The van der Waals surface area contributed by atoms with E-state index in [9.17, 15) is 4.79 Å². The molecular formula is C15H20N4O2. The monoisotopic (exact) mass is 288 g/mol. The first kappa shape index (κ1) is 14.9. The summed E-state index contributed by atoms with van der Waals surface area (Å²) in [5, 5.41) is 7.30. The molecule has 21 heavy (non-hydrogen) atoms. The molecular weight excluding hydrogens is 268 g/mol. The van der Waals surface area contributed by atoms with Gasteiger partial charge in [-0.05, 0) is 24.1 Å². The van der Waals surface area contributed by atoms with Gasteiger partial charge in [0.2, 0.25) is 5.91 Å². The van der Waals surface area contributed by atoms with Crippen molar-refractivity contribution in [3.8, 4) is 5.75 Å². The van der Waals surface area contributed by atoms with Gasteiger partial charge < -0.3 is 15.8 Å². The zero-order valence-corrected chi connectivity index (χ0v) is 12.1. The second kappa shape index (κ2) is 7.33. The summed E-state index contributed by atoms with van der Waals surface area (Å²) in [6, 6.07) is 7.96. The van der Waals surface area contributed by atoms with E-state index in [1.165, 1.54) is 4.68 Å². The lowest BCUT2D eigenvalue weighted by Crippen LogP contribution is -2.18. The van der Waals surface area contributed by atoms with Gasteiger partial charge in [-0.3, -0.25) is 9.48 Å². The molecule has 2 rings (SSSR count). The second-order valence-electron chi connectivity index (χ2n) is 4.74. The molecule has 1 heterocycles. The van der Waals surface area contributed by atoms with Crippen LogP contribution in [-0.2, 0) is 17.9 Å². The molecule has 0 bridgehead atoms. The number of carbonyl (C=O) groups excluding carboxylic acids is 1. The highest BCUT2D eigenvalue weighted by Gasteiger charge is 2.02. The van der Waals surface area contributed by atoms with Crippen molar-refractivity contribution in [2.45, 2.75) is 26.4 Å². The van der Waals surface area contributed by atoms with Gasteiger partial charge in [0.15, 0.2) is 0 Å². The molecule has 1 aromatic carbocycles. The number of carbonyl (C=O) groups is 1. The van der Waals surface area contributed by atoms with Crippen LogP contribution in [-0.4, -0.2) is 22.3 Å². The van der Waals surface area contributed by atoms with Gasteiger partial charge >= 0.3 is 0 Å². The number of nitrogens with two attached hydrogens (primary N) is 1. The quantitative estimate of drug-likeness (QED) is 0.775. The number of amides is 1. The lowest BCUT2D eigenvalue weighted by Gasteiger charge is -2.08. The number of nitrogens with one attached hydrogen (secondary N) is 1. The largest absolute Gasteiger partial charge is 0.494 e. The predicted molar refractivity (Wildman–Crippen MR) is 81.0 cm³/mol. The Hall–Kier alpha value is -2.50. The molecule has 0 aliphatic rings. The van der Waals surface area contributed by atoms with Crippen LogP contribution in [0, 0.1) is 0 Å². The Bertz CT molecular complexity index is 595. The van der Waals surface area contributed by atoms with Gasteiger partial charge in [0, 0.05) is 12.7 Å². The number of ether oxygens (including phenoxy) is 1. The highest BCUT2D eigenvalue weighted by Crippen LogP contribution is 2.15. The maximum absolute atomic E-state index is 10.8. The normalized spacial score (nSPS) is 10.3. The van der Waals surface area contributed by atoms with Crippen LogP contribution in [0.4, 0.5) is 5.69 Å². The zero-order chi connectivity index (χ0) is 15.1. The second-order valence-corrected chi connectivity index (χ2v) is 4.74. The molecule has 0 fully saturated rings. The van der Waals surface area contributed by atoms with E-state index in [1.807, 2.05) is 24.3 Å². The van der Waals surface area contributed by atoms with Gasteiger partial charge in [0.05, 0.1) is 18.5 Å². The van der Waals surface area contributed by atoms with E-state index in [-0.39, 0.29) is 6.54 Å². The highest BCUT2D eigenvalue weighted by molar-refractivity contribution is 5.73. The third-order valence-corrected chi connectivity index (χ3v) is 2.82. The first-order valence-electron chi connectivity index (χ1n) is 6.93. The highest BCUT2D eigenvalue weighted by atomic mass is 16.5. The summed E-state index contributed by atoms with van der Waals surface area (Å²) < 4.78 is 7.11. The lowest BCUT2D eigenvalue weighted by molar-refractivity contribution is -0.118. The molecule has 0 aliphatic carbocycles. The molecule has 112 valence electrons. The molecule has 0 unspecified atom stereocenters. The Morgan fingerprint density at radius 2 is 2.33 bits per heavy atom. The number of nitrogens with zero attached hydrogens (tertiary/aromatic N) is 2. The Morgan fingerprint density at radius 3 is 3.10 bits per heavy atom. The van der Waals surface area contributed by atoms with E-state index in [4.69, 9.17) is 10.5 Å². The number of rotatable bonds is 8. The Balaban J connectivity index is 1.90. The minimum atomic E-state index is -0.412. The van der Waals surface area contributed by atoms with Gasteiger partial charge in [-0.15, -0.1) is 0 Å². The molecule has 1 amide bonds. The standard InChI is InChI=1S/C15H20N4O2/c1-2-6-21-14-5-3-4-12(7-14)8-17-13-9-18-19(10-13)11-15(16)20/h3-5,7,9-10,17H,2,6,8,11H2,1H3,(H2,16,20). The zero-order valence-electron chi connectivity index (χ0n) is 12.1. The van der Waals surface area contributed by atoms with Crippen molar-refractivity contribution < 1.29 is 9.53 Å². The molecule has 0 spiro atoms. The number of benzene rings is 1. The number of aromatic nitrogens is 2. The summed E-state index contributed by atoms with van der Waals surface area (Å²) in [6.07, 6.45) is 4.41. The van der Waals surface area contributed by atoms with Crippen LogP contribution in [0.5, 0.6) is 5.75 Å². The SMILES string of the molecule is CCCOc1cccc(CNc2cnn(CC(N)=O)c2)c1. The predicted octanol–water partition coefficient (Wildman–Crippen LogP) is 1.77. The van der Waals surface area contributed by atoms with E-state index in [1.54, 1.807) is 12.4 Å². The maximum atomic E-state index is 10.8. The minimum Gasteiger partial charge on any atom is -0.494 e. The first-order chi connectivity index (χ1) is 10.2. The fourth-order valence-corrected chi connectivity index (χ4v) is 1.87. The van der Waals surface area contributed by atoms with Crippen LogP contribution in [0.15, 0.2) is 36.7 Å². The maximum Gasteiger partial charge on any atom is 0.239 e. The smallest absolute Gasteiger partial charge is 0.239 e. The fourth-order valence-electron chi connectivity index (χ4n) is 1.87. The number of primary amides is 1.